The molecule has 0 bridgehead atoms. The highest BCUT2D eigenvalue weighted by Gasteiger charge is 2.18. The van der Waals surface area contributed by atoms with E-state index < -0.39 is 0 Å². The van der Waals surface area contributed by atoms with Crippen molar-refractivity contribution in [3.63, 3.8) is 0 Å². The summed E-state index contributed by atoms with van der Waals surface area (Å²) < 4.78 is 5.32. The summed E-state index contributed by atoms with van der Waals surface area (Å²) in [4.78, 5) is 6.98. The van der Waals surface area contributed by atoms with Gasteiger partial charge in [-0.2, -0.15) is 0 Å². The molecule has 0 radical (unpaired) electrons. The topological polar surface area (TPSA) is 50.8 Å². The van der Waals surface area contributed by atoms with Crippen LogP contribution in [-0.4, -0.2) is 50.1 Å². The molecule has 0 aromatic carbocycles. The Balaban J connectivity index is 1.59. The van der Waals surface area contributed by atoms with Gasteiger partial charge < -0.3 is 10.5 Å². The molecule has 4 heteroatoms. The summed E-state index contributed by atoms with van der Waals surface area (Å²) in [6.45, 7) is 5.93. The molecule has 1 saturated carbocycles. The molecule has 17 heavy (non-hydrogen) atoms. The molecule has 2 N–H and O–H groups in total. The minimum Gasteiger partial charge on any atom is -0.387 e. The van der Waals surface area contributed by atoms with E-state index in [4.69, 9.17) is 10.5 Å². The first-order chi connectivity index (χ1) is 8.36. The molecule has 2 aliphatic rings. The van der Waals surface area contributed by atoms with Gasteiger partial charge in [0.05, 0.1) is 19.0 Å². The van der Waals surface area contributed by atoms with Gasteiger partial charge in [0.1, 0.15) is 0 Å². The summed E-state index contributed by atoms with van der Waals surface area (Å²) in [6, 6.07) is 0. The van der Waals surface area contributed by atoms with E-state index in [1.807, 2.05) is 0 Å². The van der Waals surface area contributed by atoms with Crippen molar-refractivity contribution in [1.29, 1.82) is 0 Å². The number of amidine groups is 1. The average molecular weight is 239 g/mol. The van der Waals surface area contributed by atoms with Crippen molar-refractivity contribution >= 4 is 5.84 Å². The van der Waals surface area contributed by atoms with Gasteiger partial charge in [0.15, 0.2) is 0 Å². The van der Waals surface area contributed by atoms with Crippen LogP contribution in [0.25, 0.3) is 0 Å². The summed E-state index contributed by atoms with van der Waals surface area (Å²) in [7, 11) is 0. The molecular weight excluding hydrogens is 214 g/mol. The number of ether oxygens (including phenoxy) is 1. The van der Waals surface area contributed by atoms with E-state index in [9.17, 15) is 0 Å². The van der Waals surface area contributed by atoms with Crippen LogP contribution in [0.4, 0.5) is 0 Å². The summed E-state index contributed by atoms with van der Waals surface area (Å²) >= 11 is 0. The average Bonchev–Trinajstić information content (AvgIpc) is 2.89. The Morgan fingerprint density at radius 1 is 1.24 bits per heavy atom. The van der Waals surface area contributed by atoms with Gasteiger partial charge in [-0.15, -0.1) is 0 Å². The fourth-order valence-corrected chi connectivity index (χ4v) is 2.68. The second kappa shape index (κ2) is 6.97. The molecule has 1 heterocycles. The minimum atomic E-state index is 0.582. The summed E-state index contributed by atoms with van der Waals surface area (Å²) in [5.74, 6) is 1.49. The number of nitrogens with two attached hydrogens (primary N) is 1. The van der Waals surface area contributed by atoms with Gasteiger partial charge in [-0.1, -0.05) is 12.8 Å². The largest absolute Gasteiger partial charge is 0.387 e. The Hall–Kier alpha value is -0.610. The SMILES string of the molecule is NC(=NCCCN1CCOCC1)C1CCCC1. The molecule has 4 nitrogen and oxygen atoms in total. The smallest absolute Gasteiger partial charge is 0.0968 e. The lowest BCUT2D eigenvalue weighted by molar-refractivity contribution is 0.0377. The fourth-order valence-electron chi connectivity index (χ4n) is 2.68. The van der Waals surface area contributed by atoms with Crippen LogP contribution in [0.2, 0.25) is 0 Å². The van der Waals surface area contributed by atoms with Crippen LogP contribution in [0.3, 0.4) is 0 Å². The third-order valence-corrected chi connectivity index (χ3v) is 3.80. The number of aliphatic imine (C=N–C) groups is 1. The van der Waals surface area contributed by atoms with Gasteiger partial charge in [0, 0.05) is 32.1 Å². The molecule has 0 aromatic rings. The Kier molecular flexibility index (Phi) is 5.26. The first-order valence-corrected chi connectivity index (χ1v) is 6.96. The lowest BCUT2D eigenvalue weighted by Gasteiger charge is -2.26. The highest BCUT2D eigenvalue weighted by Crippen LogP contribution is 2.24. The molecule has 0 unspecified atom stereocenters. The second-order valence-electron chi connectivity index (χ2n) is 5.10. The van der Waals surface area contributed by atoms with E-state index in [1.54, 1.807) is 0 Å². The maximum atomic E-state index is 6.01. The predicted octanol–water partition coefficient (Wildman–Crippen LogP) is 1.26. The first kappa shape index (κ1) is 12.8. The van der Waals surface area contributed by atoms with Crippen molar-refractivity contribution in [3.05, 3.63) is 0 Å². The summed E-state index contributed by atoms with van der Waals surface area (Å²) in [5.41, 5.74) is 6.01. The number of morpholine rings is 1. The van der Waals surface area contributed by atoms with Crippen LogP contribution in [-0.2, 0) is 4.74 Å². The first-order valence-electron chi connectivity index (χ1n) is 6.96. The standard InChI is InChI=1S/C13H25N3O/c14-13(12-4-1-2-5-12)15-6-3-7-16-8-10-17-11-9-16/h12H,1-11H2,(H2,14,15). The van der Waals surface area contributed by atoms with Gasteiger partial charge in [0.25, 0.3) is 0 Å². The summed E-state index contributed by atoms with van der Waals surface area (Å²) in [5, 5.41) is 0. The molecular formula is C13H25N3O. The maximum absolute atomic E-state index is 6.01. The molecule has 1 saturated heterocycles. The van der Waals surface area contributed by atoms with Crippen LogP contribution < -0.4 is 5.73 Å². The van der Waals surface area contributed by atoms with Gasteiger partial charge in [-0.05, 0) is 19.3 Å². The molecule has 2 fully saturated rings. The Morgan fingerprint density at radius 2 is 1.94 bits per heavy atom. The highest BCUT2D eigenvalue weighted by molar-refractivity contribution is 5.83. The minimum absolute atomic E-state index is 0.582. The van der Waals surface area contributed by atoms with Crippen LogP contribution in [0, 0.1) is 5.92 Å². The lowest BCUT2D eigenvalue weighted by Crippen LogP contribution is -2.37. The third kappa shape index (κ3) is 4.28. The molecule has 1 aliphatic carbocycles. The maximum Gasteiger partial charge on any atom is 0.0968 e. The third-order valence-electron chi connectivity index (χ3n) is 3.80. The summed E-state index contributed by atoms with van der Waals surface area (Å²) in [6.07, 6.45) is 6.27. The quantitative estimate of drug-likeness (QED) is 0.446. The zero-order chi connectivity index (χ0) is 11.9. The Bertz CT molecular complexity index is 243. The molecule has 0 atom stereocenters. The van der Waals surface area contributed by atoms with Crippen LogP contribution in [0.1, 0.15) is 32.1 Å². The van der Waals surface area contributed by atoms with Crippen LogP contribution >= 0.6 is 0 Å². The van der Waals surface area contributed by atoms with E-state index in [0.717, 1.165) is 51.6 Å². The number of hydrogen-bond acceptors (Lipinski definition) is 3. The molecule has 0 amide bonds. The van der Waals surface area contributed by atoms with E-state index in [-0.39, 0.29) is 0 Å². The molecule has 0 aromatic heterocycles. The van der Waals surface area contributed by atoms with Crippen molar-refractivity contribution in [3.8, 4) is 0 Å². The van der Waals surface area contributed by atoms with E-state index in [2.05, 4.69) is 9.89 Å². The van der Waals surface area contributed by atoms with E-state index in [0.29, 0.717) is 5.92 Å². The van der Waals surface area contributed by atoms with Crippen molar-refractivity contribution in [1.82, 2.24) is 4.90 Å². The molecule has 0 spiro atoms. The second-order valence-corrected chi connectivity index (χ2v) is 5.10. The molecule has 2 rings (SSSR count). The highest BCUT2D eigenvalue weighted by atomic mass is 16.5. The van der Waals surface area contributed by atoms with Crippen LogP contribution in [0.5, 0.6) is 0 Å². The molecule has 1 aliphatic heterocycles. The van der Waals surface area contributed by atoms with Gasteiger partial charge in [0.2, 0.25) is 0 Å². The predicted molar refractivity (Wildman–Crippen MR) is 70.3 cm³/mol. The monoisotopic (exact) mass is 239 g/mol. The number of rotatable bonds is 5. The zero-order valence-electron chi connectivity index (χ0n) is 10.7. The van der Waals surface area contributed by atoms with Crippen molar-refractivity contribution < 1.29 is 4.74 Å². The van der Waals surface area contributed by atoms with Gasteiger partial charge in [-0.3, -0.25) is 9.89 Å². The zero-order valence-corrected chi connectivity index (χ0v) is 10.7. The van der Waals surface area contributed by atoms with Gasteiger partial charge in [-0.25, -0.2) is 0 Å². The fraction of sp³-hybridized carbons (Fsp3) is 0.923. The van der Waals surface area contributed by atoms with Crippen molar-refractivity contribution in [2.24, 2.45) is 16.6 Å². The van der Waals surface area contributed by atoms with E-state index >= 15 is 0 Å². The Labute approximate surface area is 104 Å². The normalized spacial score (nSPS) is 24.4. The van der Waals surface area contributed by atoms with Crippen molar-refractivity contribution in [2.75, 3.05) is 39.4 Å². The van der Waals surface area contributed by atoms with E-state index in [1.165, 1.54) is 25.7 Å². The van der Waals surface area contributed by atoms with Crippen molar-refractivity contribution in [2.45, 2.75) is 32.1 Å². The van der Waals surface area contributed by atoms with Gasteiger partial charge >= 0.3 is 0 Å². The molecule has 98 valence electrons. The number of hydrogen-bond donors (Lipinski definition) is 1. The number of nitrogens with zero attached hydrogens (tertiary/aromatic N) is 2. The Morgan fingerprint density at radius 3 is 2.65 bits per heavy atom. The lowest BCUT2D eigenvalue weighted by atomic mass is 10.1. The van der Waals surface area contributed by atoms with Crippen LogP contribution in [0.15, 0.2) is 4.99 Å².